The van der Waals surface area contributed by atoms with Crippen molar-refractivity contribution in [2.24, 2.45) is 5.73 Å². The second-order valence-corrected chi connectivity index (χ2v) is 3.29. The molecule has 2 heteroatoms. The van der Waals surface area contributed by atoms with Gasteiger partial charge in [0.2, 0.25) is 0 Å². The fourth-order valence-corrected chi connectivity index (χ4v) is 1.95. The van der Waals surface area contributed by atoms with Crippen LogP contribution in [0.3, 0.4) is 0 Å². The Morgan fingerprint density at radius 1 is 1.50 bits per heavy atom. The monoisotopic (exact) mass is 163 g/mol. The maximum Gasteiger partial charge on any atom is 0.0685 e. The lowest BCUT2D eigenvalue weighted by Crippen LogP contribution is -2.08. The number of hydrogen-bond donors (Lipinski definition) is 2. The van der Waals surface area contributed by atoms with Gasteiger partial charge in [0.25, 0.3) is 0 Å². The molecule has 12 heavy (non-hydrogen) atoms. The maximum atomic E-state index is 9.06. The van der Waals surface area contributed by atoms with E-state index < -0.39 is 0 Å². The third-order valence-corrected chi connectivity index (χ3v) is 2.55. The van der Waals surface area contributed by atoms with Crippen molar-refractivity contribution in [3.05, 3.63) is 34.9 Å². The van der Waals surface area contributed by atoms with Crippen molar-refractivity contribution in [2.75, 3.05) is 0 Å². The fraction of sp³-hybridized carbons (Fsp3) is 0.400. The Morgan fingerprint density at radius 2 is 2.33 bits per heavy atom. The van der Waals surface area contributed by atoms with E-state index in [1.54, 1.807) is 0 Å². The number of rotatable bonds is 1. The lowest BCUT2D eigenvalue weighted by Gasteiger charge is -2.09. The molecule has 0 bridgehead atoms. The second kappa shape index (κ2) is 2.88. The van der Waals surface area contributed by atoms with Crippen molar-refractivity contribution in [2.45, 2.75) is 25.5 Å². The Kier molecular flexibility index (Phi) is 1.87. The molecule has 1 aromatic rings. The summed E-state index contributed by atoms with van der Waals surface area (Å²) >= 11 is 0. The van der Waals surface area contributed by atoms with Gasteiger partial charge in [0.15, 0.2) is 0 Å². The predicted molar refractivity (Wildman–Crippen MR) is 47.6 cm³/mol. The SMILES string of the molecule is N[C@@H]1CCc2cccc(CO)c21. The van der Waals surface area contributed by atoms with Crippen molar-refractivity contribution in [1.82, 2.24) is 0 Å². The van der Waals surface area contributed by atoms with E-state index in [0.717, 1.165) is 18.4 Å². The smallest absolute Gasteiger partial charge is 0.0685 e. The number of hydrogen-bond acceptors (Lipinski definition) is 2. The molecule has 64 valence electrons. The Bertz CT molecular complexity index is 296. The number of nitrogens with two attached hydrogens (primary N) is 1. The molecule has 0 saturated carbocycles. The number of aliphatic hydroxyl groups excluding tert-OH is 1. The van der Waals surface area contributed by atoms with Gasteiger partial charge in [-0.25, -0.2) is 0 Å². The molecule has 0 amide bonds. The summed E-state index contributed by atoms with van der Waals surface area (Å²) in [5, 5.41) is 9.06. The normalized spacial score (nSPS) is 21.0. The van der Waals surface area contributed by atoms with Gasteiger partial charge in [-0.2, -0.15) is 0 Å². The first-order chi connectivity index (χ1) is 5.83. The van der Waals surface area contributed by atoms with Crippen molar-refractivity contribution < 1.29 is 5.11 Å². The molecule has 0 saturated heterocycles. The fourth-order valence-electron chi connectivity index (χ4n) is 1.95. The highest BCUT2D eigenvalue weighted by atomic mass is 16.3. The van der Waals surface area contributed by atoms with Crippen LogP contribution in [0.15, 0.2) is 18.2 Å². The Balaban J connectivity index is 2.53. The lowest BCUT2D eigenvalue weighted by molar-refractivity contribution is 0.280. The van der Waals surface area contributed by atoms with Gasteiger partial charge >= 0.3 is 0 Å². The third kappa shape index (κ3) is 1.04. The van der Waals surface area contributed by atoms with Crippen LogP contribution in [0.4, 0.5) is 0 Å². The summed E-state index contributed by atoms with van der Waals surface area (Å²) in [4.78, 5) is 0. The van der Waals surface area contributed by atoms with Crippen LogP contribution in [-0.4, -0.2) is 5.11 Å². The predicted octanol–water partition coefficient (Wildman–Crippen LogP) is 1.12. The lowest BCUT2D eigenvalue weighted by atomic mass is 10.0. The quantitative estimate of drug-likeness (QED) is 0.651. The second-order valence-electron chi connectivity index (χ2n) is 3.29. The van der Waals surface area contributed by atoms with Gasteiger partial charge in [-0.15, -0.1) is 0 Å². The van der Waals surface area contributed by atoms with E-state index in [-0.39, 0.29) is 12.6 Å². The third-order valence-electron chi connectivity index (χ3n) is 2.55. The number of benzene rings is 1. The first kappa shape index (κ1) is 7.77. The molecule has 0 radical (unpaired) electrons. The minimum absolute atomic E-state index is 0.108. The molecule has 0 heterocycles. The molecule has 2 rings (SSSR count). The van der Waals surface area contributed by atoms with E-state index in [1.807, 2.05) is 12.1 Å². The molecule has 0 aliphatic heterocycles. The molecule has 1 aliphatic carbocycles. The standard InChI is InChI=1S/C10H13NO/c11-9-5-4-7-2-1-3-8(6-12)10(7)9/h1-3,9,12H,4-6,11H2/t9-/m1/s1. The summed E-state index contributed by atoms with van der Waals surface area (Å²) in [6.07, 6.45) is 2.08. The molecular weight excluding hydrogens is 150 g/mol. The minimum Gasteiger partial charge on any atom is -0.392 e. The zero-order chi connectivity index (χ0) is 8.55. The molecule has 1 aliphatic rings. The van der Waals surface area contributed by atoms with Gasteiger partial charge in [0.05, 0.1) is 6.61 Å². The molecule has 0 aromatic heterocycles. The van der Waals surface area contributed by atoms with Gasteiger partial charge in [-0.05, 0) is 29.5 Å². The summed E-state index contributed by atoms with van der Waals surface area (Å²) in [6, 6.07) is 6.18. The van der Waals surface area contributed by atoms with E-state index in [0.29, 0.717) is 0 Å². The first-order valence-corrected chi connectivity index (χ1v) is 4.30. The first-order valence-electron chi connectivity index (χ1n) is 4.30. The van der Waals surface area contributed by atoms with E-state index in [2.05, 4.69) is 6.07 Å². The molecule has 1 atom stereocenters. The van der Waals surface area contributed by atoms with Gasteiger partial charge in [-0.1, -0.05) is 18.2 Å². The Morgan fingerprint density at radius 3 is 3.08 bits per heavy atom. The summed E-state index contributed by atoms with van der Waals surface area (Å²) in [7, 11) is 0. The molecule has 3 N–H and O–H groups in total. The maximum absolute atomic E-state index is 9.06. The van der Waals surface area contributed by atoms with Crippen molar-refractivity contribution in [3.8, 4) is 0 Å². The highest BCUT2D eigenvalue weighted by molar-refractivity contribution is 5.40. The average molecular weight is 163 g/mol. The minimum atomic E-state index is 0.108. The van der Waals surface area contributed by atoms with Gasteiger partial charge in [0.1, 0.15) is 0 Å². The number of aryl methyl sites for hydroxylation is 1. The van der Waals surface area contributed by atoms with E-state index in [1.165, 1.54) is 11.1 Å². The van der Waals surface area contributed by atoms with Crippen LogP contribution in [0.25, 0.3) is 0 Å². The molecule has 2 nitrogen and oxygen atoms in total. The highest BCUT2D eigenvalue weighted by Gasteiger charge is 2.20. The average Bonchev–Trinajstić information content (AvgIpc) is 2.48. The summed E-state index contributed by atoms with van der Waals surface area (Å²) in [5.74, 6) is 0. The largest absolute Gasteiger partial charge is 0.392 e. The molecular formula is C10H13NO. The van der Waals surface area contributed by atoms with Crippen molar-refractivity contribution in [1.29, 1.82) is 0 Å². The van der Waals surface area contributed by atoms with Crippen LogP contribution in [0.1, 0.15) is 29.2 Å². The Hall–Kier alpha value is -0.860. The number of fused-ring (bicyclic) bond motifs is 1. The van der Waals surface area contributed by atoms with E-state index in [9.17, 15) is 0 Å². The van der Waals surface area contributed by atoms with Crippen molar-refractivity contribution >= 4 is 0 Å². The summed E-state index contributed by atoms with van der Waals surface area (Å²) in [6.45, 7) is 0.108. The highest BCUT2D eigenvalue weighted by Crippen LogP contribution is 2.31. The molecule has 0 fully saturated rings. The molecule has 0 unspecified atom stereocenters. The van der Waals surface area contributed by atoms with Crippen molar-refractivity contribution in [3.63, 3.8) is 0 Å². The Labute approximate surface area is 72.0 Å². The topological polar surface area (TPSA) is 46.2 Å². The molecule has 0 spiro atoms. The van der Waals surface area contributed by atoms with Crippen LogP contribution in [0.2, 0.25) is 0 Å². The summed E-state index contributed by atoms with van der Waals surface area (Å²) in [5.41, 5.74) is 9.40. The van der Waals surface area contributed by atoms with Crippen LogP contribution >= 0.6 is 0 Å². The van der Waals surface area contributed by atoms with Gasteiger partial charge in [0, 0.05) is 6.04 Å². The van der Waals surface area contributed by atoms with Crippen LogP contribution in [0.5, 0.6) is 0 Å². The zero-order valence-electron chi connectivity index (χ0n) is 6.96. The van der Waals surface area contributed by atoms with E-state index in [4.69, 9.17) is 10.8 Å². The van der Waals surface area contributed by atoms with Crippen LogP contribution < -0.4 is 5.73 Å². The van der Waals surface area contributed by atoms with Gasteiger partial charge in [-0.3, -0.25) is 0 Å². The molecule has 1 aromatic carbocycles. The zero-order valence-corrected chi connectivity index (χ0v) is 6.96. The van der Waals surface area contributed by atoms with Crippen LogP contribution in [0, 0.1) is 0 Å². The number of aliphatic hydroxyl groups is 1. The summed E-state index contributed by atoms with van der Waals surface area (Å²) < 4.78 is 0. The van der Waals surface area contributed by atoms with Crippen LogP contribution in [-0.2, 0) is 13.0 Å². The van der Waals surface area contributed by atoms with E-state index >= 15 is 0 Å². The van der Waals surface area contributed by atoms with Gasteiger partial charge < -0.3 is 10.8 Å².